The molecule has 102 valence electrons. The maximum Gasteiger partial charge on any atom is 0.307 e. The molecule has 0 aromatic rings. The van der Waals surface area contributed by atoms with Gasteiger partial charge in [-0.15, -0.1) is 0 Å². The minimum atomic E-state index is -3.00. The van der Waals surface area contributed by atoms with Crippen molar-refractivity contribution in [3.63, 3.8) is 0 Å². The van der Waals surface area contributed by atoms with Crippen LogP contribution >= 0.6 is 0 Å². The van der Waals surface area contributed by atoms with E-state index in [2.05, 4.69) is 0 Å². The molecule has 5 nitrogen and oxygen atoms in total. The predicted octanol–water partition coefficient (Wildman–Crippen LogP) is 0.695. The van der Waals surface area contributed by atoms with Gasteiger partial charge in [0.05, 0.1) is 24.0 Å². The number of carbonyl (C=O) groups excluding carboxylic acids is 1. The third-order valence-electron chi connectivity index (χ3n) is 2.48. The number of carbonyl (C=O) groups is 1. The first-order chi connectivity index (χ1) is 7.79. The van der Waals surface area contributed by atoms with Crippen LogP contribution in [0.3, 0.4) is 0 Å². The van der Waals surface area contributed by atoms with Crippen LogP contribution in [-0.4, -0.2) is 57.0 Å². The van der Waals surface area contributed by atoms with Crippen molar-refractivity contribution < 1.29 is 17.9 Å². The van der Waals surface area contributed by atoms with Crippen LogP contribution in [0.4, 0.5) is 0 Å². The quantitative estimate of drug-likeness (QED) is 0.604. The summed E-state index contributed by atoms with van der Waals surface area (Å²) in [7, 11) is -1.20. The van der Waals surface area contributed by atoms with Gasteiger partial charge in [0.15, 0.2) is 9.84 Å². The van der Waals surface area contributed by atoms with Gasteiger partial charge in [-0.2, -0.15) is 0 Å². The fourth-order valence-corrected chi connectivity index (χ4v) is 2.18. The van der Waals surface area contributed by atoms with Gasteiger partial charge in [-0.3, -0.25) is 4.79 Å². The number of hydrogen-bond acceptors (Lipinski definition) is 5. The molecular formula is C11H23NO4S. The zero-order chi connectivity index (χ0) is 13.5. The number of hydrogen-bond donors (Lipinski definition) is 0. The molecule has 0 heterocycles. The van der Waals surface area contributed by atoms with Gasteiger partial charge in [0.2, 0.25) is 0 Å². The normalized spacial score (nSPS) is 12.1. The molecule has 0 saturated heterocycles. The minimum absolute atomic E-state index is 0.129. The van der Waals surface area contributed by atoms with E-state index in [1.54, 1.807) is 27.8 Å². The van der Waals surface area contributed by atoms with Crippen molar-refractivity contribution in [2.75, 3.05) is 32.5 Å². The molecule has 0 aromatic heterocycles. The summed E-state index contributed by atoms with van der Waals surface area (Å²) in [5, 5.41) is -0.346. The topological polar surface area (TPSA) is 63.7 Å². The molecule has 17 heavy (non-hydrogen) atoms. The predicted molar refractivity (Wildman–Crippen MR) is 67.7 cm³/mol. The second kappa shape index (κ2) is 7.66. The second-order valence-corrected chi connectivity index (χ2v) is 6.95. The number of sulfone groups is 1. The fourth-order valence-electron chi connectivity index (χ4n) is 1.15. The van der Waals surface area contributed by atoms with Crippen LogP contribution in [-0.2, 0) is 19.4 Å². The molecule has 0 unspecified atom stereocenters. The van der Waals surface area contributed by atoms with E-state index in [-0.39, 0.29) is 17.0 Å². The van der Waals surface area contributed by atoms with Crippen LogP contribution in [0, 0.1) is 0 Å². The van der Waals surface area contributed by atoms with Crippen molar-refractivity contribution in [2.24, 2.45) is 0 Å². The lowest BCUT2D eigenvalue weighted by atomic mass is 10.4. The average molecular weight is 265 g/mol. The van der Waals surface area contributed by atoms with Gasteiger partial charge in [0.1, 0.15) is 0 Å². The number of esters is 1. The molecule has 0 spiro atoms. The van der Waals surface area contributed by atoms with Crippen molar-refractivity contribution in [2.45, 2.75) is 32.4 Å². The number of nitrogens with zero attached hydrogens (tertiary/aromatic N) is 1. The molecule has 6 heteroatoms. The van der Waals surface area contributed by atoms with Crippen molar-refractivity contribution in [1.82, 2.24) is 4.90 Å². The third-order valence-corrected chi connectivity index (χ3v) is 4.67. The van der Waals surface area contributed by atoms with Crippen LogP contribution in [0.1, 0.15) is 27.2 Å². The fraction of sp³-hybridized carbons (Fsp3) is 0.909. The standard InChI is InChI=1S/C11H23NO4S/c1-5-16-11(13)6-7-12(4)8-9-17(14,15)10(2)3/h10H,5-9H2,1-4H3. The molecule has 0 amide bonds. The Labute approximate surface area is 104 Å². The molecule has 0 saturated carbocycles. The van der Waals surface area contributed by atoms with Crippen LogP contribution in [0.15, 0.2) is 0 Å². The molecule has 0 atom stereocenters. The van der Waals surface area contributed by atoms with Gasteiger partial charge < -0.3 is 9.64 Å². The van der Waals surface area contributed by atoms with Crippen LogP contribution in [0.25, 0.3) is 0 Å². The molecule has 0 N–H and O–H groups in total. The zero-order valence-corrected chi connectivity index (χ0v) is 11.9. The monoisotopic (exact) mass is 265 g/mol. The van der Waals surface area contributed by atoms with Gasteiger partial charge in [-0.05, 0) is 27.8 Å². The Hall–Kier alpha value is -0.620. The highest BCUT2D eigenvalue weighted by Gasteiger charge is 2.16. The summed E-state index contributed by atoms with van der Waals surface area (Å²) in [6, 6.07) is 0. The van der Waals surface area contributed by atoms with Gasteiger partial charge in [0, 0.05) is 13.1 Å². The summed E-state index contributed by atoms with van der Waals surface area (Å²) in [5.74, 6) is -0.115. The molecule has 0 rings (SSSR count). The van der Waals surface area contributed by atoms with E-state index in [0.717, 1.165) is 0 Å². The maximum atomic E-state index is 11.6. The molecule has 0 bridgehead atoms. The molecular weight excluding hydrogens is 242 g/mol. The van der Waals surface area contributed by atoms with E-state index in [4.69, 9.17) is 4.74 Å². The van der Waals surface area contributed by atoms with E-state index >= 15 is 0 Å². The minimum Gasteiger partial charge on any atom is -0.466 e. The Kier molecular flexibility index (Phi) is 7.38. The first kappa shape index (κ1) is 16.4. The van der Waals surface area contributed by atoms with E-state index in [1.165, 1.54) is 0 Å². The molecule has 0 fully saturated rings. The largest absolute Gasteiger partial charge is 0.466 e. The molecule has 0 radical (unpaired) electrons. The van der Waals surface area contributed by atoms with Crippen molar-refractivity contribution in [3.05, 3.63) is 0 Å². The summed E-state index contributed by atoms with van der Waals surface area (Å²) < 4.78 is 27.9. The Morgan fingerprint density at radius 3 is 2.35 bits per heavy atom. The molecule has 0 aliphatic carbocycles. The summed E-state index contributed by atoms with van der Waals surface area (Å²) in [6.45, 7) is 6.45. The Morgan fingerprint density at radius 1 is 1.29 bits per heavy atom. The van der Waals surface area contributed by atoms with Crippen LogP contribution in [0.2, 0.25) is 0 Å². The molecule has 0 aliphatic heterocycles. The van der Waals surface area contributed by atoms with Crippen LogP contribution < -0.4 is 0 Å². The summed E-state index contributed by atoms with van der Waals surface area (Å²) in [5.41, 5.74) is 0. The SMILES string of the molecule is CCOC(=O)CCN(C)CCS(=O)(=O)C(C)C. The lowest BCUT2D eigenvalue weighted by Gasteiger charge is -2.16. The zero-order valence-electron chi connectivity index (χ0n) is 11.1. The average Bonchev–Trinajstić information content (AvgIpc) is 2.24. The number of ether oxygens (including phenoxy) is 1. The molecule has 0 aromatic carbocycles. The van der Waals surface area contributed by atoms with Gasteiger partial charge >= 0.3 is 5.97 Å². The Morgan fingerprint density at radius 2 is 1.88 bits per heavy atom. The lowest BCUT2D eigenvalue weighted by Crippen LogP contribution is -2.30. The van der Waals surface area contributed by atoms with Gasteiger partial charge in [-0.25, -0.2) is 8.42 Å². The van der Waals surface area contributed by atoms with E-state index in [1.807, 2.05) is 4.90 Å². The van der Waals surface area contributed by atoms with E-state index in [9.17, 15) is 13.2 Å². The Balaban J connectivity index is 3.88. The maximum absolute atomic E-state index is 11.6. The molecule has 0 aliphatic rings. The van der Waals surface area contributed by atoms with Crippen molar-refractivity contribution >= 4 is 15.8 Å². The highest BCUT2D eigenvalue weighted by molar-refractivity contribution is 7.92. The first-order valence-corrected chi connectivity index (χ1v) is 7.57. The summed E-state index contributed by atoms with van der Waals surface area (Å²) in [6.07, 6.45) is 0.298. The first-order valence-electron chi connectivity index (χ1n) is 5.85. The lowest BCUT2D eigenvalue weighted by molar-refractivity contribution is -0.143. The van der Waals surface area contributed by atoms with Crippen molar-refractivity contribution in [3.8, 4) is 0 Å². The highest BCUT2D eigenvalue weighted by atomic mass is 32.2. The summed E-state index contributed by atoms with van der Waals surface area (Å²) in [4.78, 5) is 12.9. The van der Waals surface area contributed by atoms with Gasteiger partial charge in [0.25, 0.3) is 0 Å². The van der Waals surface area contributed by atoms with Crippen molar-refractivity contribution in [1.29, 1.82) is 0 Å². The summed E-state index contributed by atoms with van der Waals surface area (Å²) >= 11 is 0. The van der Waals surface area contributed by atoms with Gasteiger partial charge in [-0.1, -0.05) is 0 Å². The smallest absolute Gasteiger partial charge is 0.307 e. The second-order valence-electron chi connectivity index (χ2n) is 4.27. The number of rotatable bonds is 8. The third kappa shape index (κ3) is 7.33. The highest BCUT2D eigenvalue weighted by Crippen LogP contribution is 2.01. The van der Waals surface area contributed by atoms with E-state index in [0.29, 0.717) is 26.1 Å². The Bertz CT molecular complexity index is 324. The van der Waals surface area contributed by atoms with Crippen LogP contribution in [0.5, 0.6) is 0 Å². The van der Waals surface area contributed by atoms with E-state index < -0.39 is 9.84 Å².